The maximum atomic E-state index is 13.6. The molecule has 1 fully saturated rings. The fourth-order valence-electron chi connectivity index (χ4n) is 4.05. The molecule has 1 aliphatic heterocycles. The smallest absolute Gasteiger partial charge is 0.192 e. The molecule has 2 aromatic rings. The molecule has 2 heterocycles. The number of ketones is 1. The number of halogens is 1. The average Bonchev–Trinajstić information content (AvgIpc) is 2.74. The SMILES string of the molecule is Cc1ccnc(C(=O)C23CNCCC2=CC(=Nc2ccc(F)cc2)C(=CN)C3)c1. The molecule has 1 aliphatic carbocycles. The number of pyridine rings is 1. The van der Waals surface area contributed by atoms with E-state index in [0.717, 1.165) is 35.4 Å². The van der Waals surface area contributed by atoms with Crippen LogP contribution < -0.4 is 11.1 Å². The highest BCUT2D eigenvalue weighted by Gasteiger charge is 2.47. The van der Waals surface area contributed by atoms with Crippen molar-refractivity contribution in [2.45, 2.75) is 19.8 Å². The summed E-state index contributed by atoms with van der Waals surface area (Å²) in [5.74, 6) is -0.306. The summed E-state index contributed by atoms with van der Waals surface area (Å²) in [4.78, 5) is 22.6. The number of hydrogen-bond acceptors (Lipinski definition) is 5. The van der Waals surface area contributed by atoms with E-state index in [1.165, 1.54) is 18.3 Å². The highest BCUT2D eigenvalue weighted by Crippen LogP contribution is 2.44. The summed E-state index contributed by atoms with van der Waals surface area (Å²) in [6.07, 6.45) is 6.36. The molecule has 0 radical (unpaired) electrons. The molecule has 1 saturated heterocycles. The van der Waals surface area contributed by atoms with Gasteiger partial charge in [-0.2, -0.15) is 0 Å². The summed E-state index contributed by atoms with van der Waals surface area (Å²) in [5.41, 5.74) is 9.88. The van der Waals surface area contributed by atoms with Gasteiger partial charge in [0.2, 0.25) is 0 Å². The number of carbonyl (C=O) groups excluding carboxylic acids is 1. The molecule has 0 saturated carbocycles. The monoisotopic (exact) mass is 390 g/mol. The third kappa shape index (κ3) is 3.63. The molecule has 0 amide bonds. The molecule has 29 heavy (non-hydrogen) atoms. The summed E-state index contributed by atoms with van der Waals surface area (Å²) in [5, 5.41) is 3.37. The molecule has 1 aromatic heterocycles. The Bertz CT molecular complexity index is 1040. The normalized spacial score (nSPS) is 24.3. The molecular formula is C23H23FN4O. The van der Waals surface area contributed by atoms with Crippen LogP contribution in [0.3, 0.4) is 0 Å². The molecule has 1 atom stereocenters. The lowest BCUT2D eigenvalue weighted by atomic mass is 9.64. The Morgan fingerprint density at radius 1 is 1.31 bits per heavy atom. The first kappa shape index (κ1) is 19.2. The van der Waals surface area contributed by atoms with Gasteiger partial charge in [-0.1, -0.05) is 5.57 Å². The van der Waals surface area contributed by atoms with Gasteiger partial charge in [-0.15, -0.1) is 0 Å². The van der Waals surface area contributed by atoms with Crippen LogP contribution in [0, 0.1) is 18.2 Å². The predicted octanol–water partition coefficient (Wildman–Crippen LogP) is 3.64. The van der Waals surface area contributed by atoms with E-state index in [1.807, 2.05) is 25.1 Å². The van der Waals surface area contributed by atoms with E-state index in [1.54, 1.807) is 18.3 Å². The largest absolute Gasteiger partial charge is 0.404 e. The zero-order valence-corrected chi connectivity index (χ0v) is 16.3. The van der Waals surface area contributed by atoms with E-state index in [9.17, 15) is 9.18 Å². The van der Waals surface area contributed by atoms with E-state index < -0.39 is 5.41 Å². The van der Waals surface area contributed by atoms with Gasteiger partial charge in [0, 0.05) is 12.7 Å². The number of nitrogens with one attached hydrogen (secondary N) is 1. The summed E-state index contributed by atoms with van der Waals surface area (Å²) >= 11 is 0. The molecule has 148 valence electrons. The molecule has 0 bridgehead atoms. The molecule has 1 aromatic carbocycles. The van der Waals surface area contributed by atoms with Gasteiger partial charge in [-0.05, 0) is 86.1 Å². The lowest BCUT2D eigenvalue weighted by Crippen LogP contribution is -2.50. The van der Waals surface area contributed by atoms with Crippen LogP contribution in [0.2, 0.25) is 0 Å². The van der Waals surface area contributed by atoms with E-state index >= 15 is 0 Å². The second kappa shape index (κ2) is 7.72. The van der Waals surface area contributed by atoms with Crippen LogP contribution in [-0.4, -0.2) is 29.6 Å². The summed E-state index contributed by atoms with van der Waals surface area (Å²) < 4.78 is 13.2. The number of fused-ring (bicyclic) bond motifs is 1. The first-order valence-corrected chi connectivity index (χ1v) is 9.66. The number of rotatable bonds is 3. The van der Waals surface area contributed by atoms with Gasteiger partial charge >= 0.3 is 0 Å². The van der Waals surface area contributed by atoms with Crippen LogP contribution in [0.5, 0.6) is 0 Å². The molecule has 1 unspecified atom stereocenters. The van der Waals surface area contributed by atoms with Crippen molar-refractivity contribution < 1.29 is 9.18 Å². The minimum Gasteiger partial charge on any atom is -0.404 e. The van der Waals surface area contributed by atoms with Crippen molar-refractivity contribution in [3.05, 3.63) is 83.1 Å². The van der Waals surface area contributed by atoms with Crippen molar-refractivity contribution in [3.63, 3.8) is 0 Å². The lowest BCUT2D eigenvalue weighted by Gasteiger charge is -2.42. The van der Waals surface area contributed by atoms with E-state index in [0.29, 0.717) is 24.3 Å². The van der Waals surface area contributed by atoms with Crippen LogP contribution in [0.4, 0.5) is 10.1 Å². The Hall–Kier alpha value is -3.12. The fraction of sp³-hybridized carbons (Fsp3) is 0.261. The Balaban J connectivity index is 1.79. The molecule has 4 rings (SSSR count). The predicted molar refractivity (Wildman–Crippen MR) is 112 cm³/mol. The number of aromatic nitrogens is 1. The van der Waals surface area contributed by atoms with Crippen molar-refractivity contribution in [3.8, 4) is 0 Å². The van der Waals surface area contributed by atoms with Crippen LogP contribution in [-0.2, 0) is 0 Å². The number of aryl methyl sites for hydroxylation is 1. The van der Waals surface area contributed by atoms with Gasteiger partial charge < -0.3 is 11.1 Å². The summed E-state index contributed by atoms with van der Waals surface area (Å²) in [6.45, 7) is 3.29. The van der Waals surface area contributed by atoms with Gasteiger partial charge in [0.15, 0.2) is 5.78 Å². The second-order valence-corrected chi connectivity index (χ2v) is 7.57. The van der Waals surface area contributed by atoms with E-state index in [2.05, 4.69) is 15.3 Å². The fourth-order valence-corrected chi connectivity index (χ4v) is 4.05. The quantitative estimate of drug-likeness (QED) is 0.784. The van der Waals surface area contributed by atoms with Crippen molar-refractivity contribution in [2.75, 3.05) is 13.1 Å². The minimum atomic E-state index is -0.716. The highest BCUT2D eigenvalue weighted by molar-refractivity contribution is 6.14. The van der Waals surface area contributed by atoms with Crippen LogP contribution in [0.1, 0.15) is 28.9 Å². The molecular weight excluding hydrogens is 367 g/mol. The maximum absolute atomic E-state index is 13.6. The first-order valence-electron chi connectivity index (χ1n) is 9.66. The van der Waals surface area contributed by atoms with Crippen molar-refractivity contribution >= 4 is 17.2 Å². The first-order chi connectivity index (χ1) is 14.0. The van der Waals surface area contributed by atoms with Gasteiger partial charge in [-0.3, -0.25) is 9.78 Å². The third-order valence-electron chi connectivity index (χ3n) is 5.60. The van der Waals surface area contributed by atoms with Crippen LogP contribution in [0.15, 0.2) is 71.0 Å². The Morgan fingerprint density at radius 2 is 2.10 bits per heavy atom. The second-order valence-electron chi connectivity index (χ2n) is 7.57. The molecule has 2 aliphatic rings. The maximum Gasteiger partial charge on any atom is 0.192 e. The lowest BCUT2D eigenvalue weighted by molar-refractivity contribution is 0.0812. The van der Waals surface area contributed by atoms with Gasteiger partial charge in [0.05, 0.1) is 16.8 Å². The number of allylic oxidation sites excluding steroid dienone is 2. The number of Topliss-reactive ketones (excluding diaryl/α,β-unsaturated/α-hetero) is 1. The molecule has 6 heteroatoms. The van der Waals surface area contributed by atoms with Gasteiger partial charge in [-0.25, -0.2) is 9.38 Å². The van der Waals surface area contributed by atoms with Crippen molar-refractivity contribution in [2.24, 2.45) is 16.1 Å². The number of benzene rings is 1. The van der Waals surface area contributed by atoms with E-state index in [4.69, 9.17) is 5.73 Å². The third-order valence-corrected chi connectivity index (χ3v) is 5.60. The standard InChI is InChI=1S/C23H23FN4O/c1-15-6-9-27-21(10-15)22(29)23-12-16(13-25)20(11-17(23)7-8-26-14-23)28-19-4-2-18(24)3-5-19/h2-6,9-11,13,26H,7-8,12,14,25H2,1H3. The molecule has 5 nitrogen and oxygen atoms in total. The number of nitrogens with two attached hydrogens (primary N) is 1. The van der Waals surface area contributed by atoms with Gasteiger partial charge in [0.1, 0.15) is 11.5 Å². The average molecular weight is 390 g/mol. The highest BCUT2D eigenvalue weighted by atomic mass is 19.1. The zero-order valence-electron chi connectivity index (χ0n) is 16.3. The van der Waals surface area contributed by atoms with E-state index in [-0.39, 0.29) is 11.6 Å². The Morgan fingerprint density at radius 3 is 2.83 bits per heavy atom. The van der Waals surface area contributed by atoms with Crippen LogP contribution in [0.25, 0.3) is 0 Å². The number of aliphatic imine (C=N–C) groups is 1. The Labute approximate surface area is 169 Å². The minimum absolute atomic E-state index is 0.000155. The molecule has 3 N–H and O–H groups in total. The van der Waals surface area contributed by atoms with Gasteiger partial charge in [0.25, 0.3) is 0 Å². The number of hydrogen-bond donors (Lipinski definition) is 2. The number of carbonyl (C=O) groups is 1. The Kier molecular flexibility index (Phi) is 5.11. The topological polar surface area (TPSA) is 80.4 Å². The summed E-state index contributed by atoms with van der Waals surface area (Å²) in [6, 6.07) is 9.72. The van der Waals surface area contributed by atoms with Crippen molar-refractivity contribution in [1.82, 2.24) is 10.3 Å². The summed E-state index contributed by atoms with van der Waals surface area (Å²) in [7, 11) is 0. The van der Waals surface area contributed by atoms with Crippen LogP contribution >= 0.6 is 0 Å². The number of nitrogens with zero attached hydrogens (tertiary/aromatic N) is 2. The van der Waals surface area contributed by atoms with Crippen molar-refractivity contribution in [1.29, 1.82) is 0 Å². The molecule has 0 spiro atoms. The zero-order chi connectivity index (χ0) is 20.4. The number of piperidine rings is 1.